The van der Waals surface area contributed by atoms with Gasteiger partial charge in [0, 0.05) is 24.9 Å². The molecule has 4 rings (SSSR count). The minimum Gasteiger partial charge on any atom is -0.454 e. The molecule has 7 nitrogen and oxygen atoms in total. The Balaban J connectivity index is 1.27. The number of hydrogen-bond acceptors (Lipinski definition) is 6. The highest BCUT2D eigenvalue weighted by atomic mass is 16.7. The van der Waals surface area contributed by atoms with Crippen molar-refractivity contribution in [2.75, 3.05) is 6.79 Å². The number of rotatable bonds is 6. The number of amides is 1. The number of fused-ring (bicyclic) bond motifs is 1. The maximum atomic E-state index is 12.1. The molecule has 0 fully saturated rings. The average Bonchev–Trinajstić information content (AvgIpc) is 3.34. The molecule has 2 heterocycles. The van der Waals surface area contributed by atoms with Crippen LogP contribution in [0.15, 0.2) is 46.9 Å². The van der Waals surface area contributed by atoms with E-state index in [1.807, 2.05) is 49.4 Å². The van der Waals surface area contributed by atoms with Gasteiger partial charge in [0.05, 0.1) is 0 Å². The van der Waals surface area contributed by atoms with Crippen LogP contribution in [-0.2, 0) is 17.8 Å². The van der Waals surface area contributed by atoms with Gasteiger partial charge in [0.1, 0.15) is 0 Å². The van der Waals surface area contributed by atoms with E-state index in [1.54, 1.807) is 0 Å². The van der Waals surface area contributed by atoms with Gasteiger partial charge in [-0.3, -0.25) is 4.79 Å². The minimum absolute atomic E-state index is 0.0808. The third-order valence-electron chi connectivity index (χ3n) is 4.26. The SMILES string of the molecule is Cc1ccc(-c2nnc(CCC(=O)NCc3ccc4c(c3)OCO4)o2)cc1. The largest absolute Gasteiger partial charge is 0.454 e. The second-order valence-corrected chi connectivity index (χ2v) is 6.33. The zero-order valence-electron chi connectivity index (χ0n) is 14.9. The smallest absolute Gasteiger partial charge is 0.247 e. The van der Waals surface area contributed by atoms with Gasteiger partial charge in [-0.1, -0.05) is 23.8 Å². The molecular weight excluding hydrogens is 346 g/mol. The third kappa shape index (κ3) is 4.08. The molecule has 0 radical (unpaired) electrons. The van der Waals surface area contributed by atoms with Crippen molar-refractivity contribution in [3.8, 4) is 23.0 Å². The van der Waals surface area contributed by atoms with Gasteiger partial charge in [-0.15, -0.1) is 10.2 Å². The van der Waals surface area contributed by atoms with Crippen LogP contribution in [0.1, 0.15) is 23.4 Å². The summed E-state index contributed by atoms with van der Waals surface area (Å²) in [4.78, 5) is 12.1. The molecule has 0 aliphatic carbocycles. The number of benzene rings is 2. The standard InChI is InChI=1S/C20H19N3O4/c1-13-2-5-15(6-3-13)20-23-22-19(27-20)9-8-18(24)21-11-14-4-7-16-17(10-14)26-12-25-16/h2-7,10H,8-9,11-12H2,1H3,(H,21,24). The molecule has 1 aliphatic heterocycles. The highest BCUT2D eigenvalue weighted by Crippen LogP contribution is 2.32. The zero-order valence-corrected chi connectivity index (χ0v) is 14.9. The van der Waals surface area contributed by atoms with Gasteiger partial charge in [0.15, 0.2) is 11.5 Å². The lowest BCUT2D eigenvalue weighted by atomic mass is 10.1. The maximum Gasteiger partial charge on any atom is 0.247 e. The van der Waals surface area contributed by atoms with Crippen LogP contribution in [0.25, 0.3) is 11.5 Å². The Labute approximate surface area is 156 Å². The van der Waals surface area contributed by atoms with Crippen LogP contribution in [0.4, 0.5) is 0 Å². The van der Waals surface area contributed by atoms with Gasteiger partial charge >= 0.3 is 0 Å². The number of nitrogens with zero attached hydrogens (tertiary/aromatic N) is 2. The van der Waals surface area contributed by atoms with E-state index in [9.17, 15) is 4.79 Å². The monoisotopic (exact) mass is 365 g/mol. The van der Waals surface area contributed by atoms with E-state index in [4.69, 9.17) is 13.9 Å². The number of hydrogen-bond donors (Lipinski definition) is 1. The van der Waals surface area contributed by atoms with Gasteiger partial charge < -0.3 is 19.2 Å². The summed E-state index contributed by atoms with van der Waals surface area (Å²) in [5, 5.41) is 10.9. The number of ether oxygens (including phenoxy) is 2. The highest BCUT2D eigenvalue weighted by Gasteiger charge is 2.14. The summed E-state index contributed by atoms with van der Waals surface area (Å²) in [6.45, 7) is 2.68. The van der Waals surface area contributed by atoms with Crippen molar-refractivity contribution in [3.63, 3.8) is 0 Å². The molecule has 0 spiro atoms. The maximum absolute atomic E-state index is 12.1. The molecule has 0 saturated carbocycles. The molecule has 27 heavy (non-hydrogen) atoms. The number of aryl methyl sites for hydroxylation is 2. The van der Waals surface area contributed by atoms with E-state index in [1.165, 1.54) is 0 Å². The summed E-state index contributed by atoms with van der Waals surface area (Å²) in [5.74, 6) is 2.26. The number of carbonyl (C=O) groups is 1. The van der Waals surface area contributed by atoms with Crippen molar-refractivity contribution < 1.29 is 18.7 Å². The van der Waals surface area contributed by atoms with Gasteiger partial charge in [0.2, 0.25) is 24.5 Å². The van der Waals surface area contributed by atoms with Crippen LogP contribution in [0.3, 0.4) is 0 Å². The van der Waals surface area contributed by atoms with Crippen LogP contribution in [0.5, 0.6) is 11.5 Å². The molecule has 1 aromatic heterocycles. The van der Waals surface area contributed by atoms with Gasteiger partial charge in [0.25, 0.3) is 0 Å². The normalized spacial score (nSPS) is 12.2. The summed E-state index contributed by atoms with van der Waals surface area (Å²) < 4.78 is 16.2. The molecule has 0 bridgehead atoms. The number of carbonyl (C=O) groups excluding carboxylic acids is 1. The van der Waals surface area contributed by atoms with E-state index in [0.29, 0.717) is 30.5 Å². The molecule has 7 heteroatoms. The second kappa shape index (κ2) is 7.49. The lowest BCUT2D eigenvalue weighted by molar-refractivity contribution is -0.121. The van der Waals surface area contributed by atoms with E-state index in [-0.39, 0.29) is 19.1 Å². The van der Waals surface area contributed by atoms with Crippen LogP contribution in [-0.4, -0.2) is 22.9 Å². The fourth-order valence-electron chi connectivity index (χ4n) is 2.73. The molecule has 0 atom stereocenters. The van der Waals surface area contributed by atoms with Crippen molar-refractivity contribution in [2.24, 2.45) is 0 Å². The Morgan fingerprint density at radius 2 is 1.89 bits per heavy atom. The number of nitrogens with one attached hydrogen (secondary N) is 1. The minimum atomic E-state index is -0.0808. The first-order valence-electron chi connectivity index (χ1n) is 8.72. The van der Waals surface area contributed by atoms with E-state index < -0.39 is 0 Å². The van der Waals surface area contributed by atoms with Gasteiger partial charge in [-0.2, -0.15) is 0 Å². The fourth-order valence-corrected chi connectivity index (χ4v) is 2.73. The molecule has 138 valence electrons. The molecule has 1 amide bonds. The Bertz CT molecular complexity index is 950. The summed E-state index contributed by atoms with van der Waals surface area (Å²) in [6, 6.07) is 13.5. The Kier molecular flexibility index (Phi) is 4.74. The molecule has 0 saturated heterocycles. The Morgan fingerprint density at radius 1 is 1.07 bits per heavy atom. The summed E-state index contributed by atoms with van der Waals surface area (Å²) in [6.07, 6.45) is 0.673. The first-order chi connectivity index (χ1) is 13.2. The van der Waals surface area contributed by atoms with E-state index in [0.717, 1.165) is 22.4 Å². The van der Waals surface area contributed by atoms with Gasteiger partial charge in [-0.05, 0) is 36.8 Å². The first-order valence-corrected chi connectivity index (χ1v) is 8.72. The molecule has 3 aromatic rings. The summed E-state index contributed by atoms with van der Waals surface area (Å²) >= 11 is 0. The molecule has 1 N–H and O–H groups in total. The van der Waals surface area contributed by atoms with Crippen LogP contribution in [0.2, 0.25) is 0 Å². The predicted molar refractivity (Wildman–Crippen MR) is 97.2 cm³/mol. The highest BCUT2D eigenvalue weighted by molar-refractivity contribution is 5.76. The fraction of sp³-hybridized carbons (Fsp3) is 0.250. The van der Waals surface area contributed by atoms with E-state index in [2.05, 4.69) is 15.5 Å². The van der Waals surface area contributed by atoms with Crippen molar-refractivity contribution in [1.29, 1.82) is 0 Å². The zero-order chi connectivity index (χ0) is 18.6. The lowest BCUT2D eigenvalue weighted by Gasteiger charge is -2.05. The quantitative estimate of drug-likeness (QED) is 0.723. The second-order valence-electron chi connectivity index (χ2n) is 6.33. The molecular formula is C20H19N3O4. The third-order valence-corrected chi connectivity index (χ3v) is 4.26. The van der Waals surface area contributed by atoms with Crippen LogP contribution in [0, 0.1) is 6.92 Å². The summed E-state index contributed by atoms with van der Waals surface area (Å²) in [7, 11) is 0. The molecule has 1 aliphatic rings. The van der Waals surface area contributed by atoms with Crippen molar-refractivity contribution in [1.82, 2.24) is 15.5 Å². The average molecular weight is 365 g/mol. The van der Waals surface area contributed by atoms with Crippen molar-refractivity contribution >= 4 is 5.91 Å². The molecule has 0 unspecified atom stereocenters. The van der Waals surface area contributed by atoms with Crippen molar-refractivity contribution in [2.45, 2.75) is 26.3 Å². The van der Waals surface area contributed by atoms with Crippen LogP contribution >= 0.6 is 0 Å². The Morgan fingerprint density at radius 3 is 2.74 bits per heavy atom. The van der Waals surface area contributed by atoms with E-state index >= 15 is 0 Å². The van der Waals surface area contributed by atoms with Crippen molar-refractivity contribution in [3.05, 3.63) is 59.5 Å². The first kappa shape index (κ1) is 17.1. The summed E-state index contributed by atoms with van der Waals surface area (Å²) in [5.41, 5.74) is 2.98. The lowest BCUT2D eigenvalue weighted by Crippen LogP contribution is -2.23. The predicted octanol–water partition coefficient (Wildman–Crippen LogP) is 3.02. The molecule has 2 aromatic carbocycles. The topological polar surface area (TPSA) is 86.5 Å². The Hall–Kier alpha value is -3.35. The number of aromatic nitrogens is 2. The van der Waals surface area contributed by atoms with Gasteiger partial charge in [-0.25, -0.2) is 0 Å². The van der Waals surface area contributed by atoms with Crippen LogP contribution < -0.4 is 14.8 Å².